The van der Waals surface area contributed by atoms with E-state index in [9.17, 15) is 9.59 Å². The molecule has 1 aromatic heterocycles. The van der Waals surface area contributed by atoms with Gasteiger partial charge >= 0.3 is 0 Å². The number of tetrazole rings is 1. The number of aromatic nitrogens is 4. The van der Waals surface area contributed by atoms with E-state index < -0.39 is 5.66 Å². The van der Waals surface area contributed by atoms with Crippen molar-refractivity contribution in [1.29, 1.82) is 0 Å². The maximum Gasteiger partial charge on any atom is 0.291 e. The van der Waals surface area contributed by atoms with Gasteiger partial charge in [-0.1, -0.05) is 72.7 Å². The van der Waals surface area contributed by atoms with Crippen LogP contribution in [0.25, 0.3) is 0 Å². The van der Waals surface area contributed by atoms with Gasteiger partial charge in [0, 0.05) is 12.1 Å². The lowest BCUT2D eigenvalue weighted by Gasteiger charge is -2.47. The van der Waals surface area contributed by atoms with E-state index in [4.69, 9.17) is 9.73 Å². The Kier molecular flexibility index (Phi) is 10.4. The summed E-state index contributed by atoms with van der Waals surface area (Å²) in [5.41, 5.74) is 1.29. The zero-order valence-electron chi connectivity index (χ0n) is 29.8. The van der Waals surface area contributed by atoms with Crippen LogP contribution in [0.1, 0.15) is 128 Å². The quantitative estimate of drug-likeness (QED) is 0.346. The number of morpholine rings is 1. The Morgan fingerprint density at radius 1 is 1.11 bits per heavy atom. The number of benzene rings is 1. The van der Waals surface area contributed by atoms with Crippen LogP contribution in [0, 0.1) is 22.7 Å². The number of nitrogens with one attached hydrogen (secondary N) is 2. The fourth-order valence-corrected chi connectivity index (χ4v) is 7.58. The lowest BCUT2D eigenvalue weighted by Crippen LogP contribution is -2.54. The van der Waals surface area contributed by atoms with Gasteiger partial charge in [0.25, 0.3) is 11.8 Å². The third kappa shape index (κ3) is 8.21. The van der Waals surface area contributed by atoms with Crippen LogP contribution in [-0.4, -0.2) is 79.5 Å². The number of aromatic amines is 1. The smallest absolute Gasteiger partial charge is 0.291 e. The van der Waals surface area contributed by atoms with E-state index in [0.717, 1.165) is 50.5 Å². The standard InChI is InChI=1S/C36H56N8O3/c1-24(2)21-28-23-47-20-19-43(28)31-33(46)44(36(38-31)17-13-27(14-18-36)35(6,7)8)29(15-16-34(3,4)5)25-9-11-26(12-10-25)32(45)37-22-30-39-41-42-40-30/h9-12,24,27-29H,13-23H2,1-8H3,(H,37,45)(H,39,40,41,42)/t27?,28?,29-,36?/m1/s1. The number of amidine groups is 1. The molecule has 2 aliphatic heterocycles. The molecule has 0 radical (unpaired) electrons. The number of carbonyl (C=O) groups is 2. The minimum Gasteiger partial charge on any atom is -0.377 e. The fraction of sp³-hybridized carbons (Fsp3) is 0.722. The number of nitrogens with zero attached hydrogens (tertiary/aromatic N) is 6. The first-order valence-corrected chi connectivity index (χ1v) is 17.6. The second-order valence-corrected chi connectivity index (χ2v) is 16.5. The minimum absolute atomic E-state index is 0.0377. The molecule has 1 spiro atoms. The number of hydrogen-bond donors (Lipinski definition) is 2. The minimum atomic E-state index is -0.585. The van der Waals surface area contributed by atoms with Crippen LogP contribution in [0.3, 0.4) is 0 Å². The second-order valence-electron chi connectivity index (χ2n) is 16.5. The van der Waals surface area contributed by atoms with Gasteiger partial charge in [-0.2, -0.15) is 5.21 Å². The molecule has 3 aliphatic rings. The van der Waals surface area contributed by atoms with Crippen molar-refractivity contribution < 1.29 is 14.3 Å². The maximum absolute atomic E-state index is 14.9. The maximum atomic E-state index is 14.9. The molecule has 1 unspecified atom stereocenters. The lowest BCUT2D eigenvalue weighted by atomic mass is 9.69. The van der Waals surface area contributed by atoms with Crippen LogP contribution in [0.15, 0.2) is 29.3 Å². The summed E-state index contributed by atoms with van der Waals surface area (Å²) >= 11 is 0. The molecule has 258 valence electrons. The molecule has 2 atom stereocenters. The summed E-state index contributed by atoms with van der Waals surface area (Å²) in [6.45, 7) is 20.3. The van der Waals surface area contributed by atoms with Gasteiger partial charge in [0.05, 0.1) is 31.8 Å². The molecular weight excluding hydrogens is 592 g/mol. The Hall–Kier alpha value is -3.34. The molecule has 11 nitrogen and oxygen atoms in total. The van der Waals surface area contributed by atoms with E-state index in [1.165, 1.54) is 0 Å². The Balaban J connectivity index is 1.49. The van der Waals surface area contributed by atoms with Gasteiger partial charge in [-0.3, -0.25) is 9.59 Å². The highest BCUT2D eigenvalue weighted by Crippen LogP contribution is 2.50. The molecule has 11 heteroatoms. The molecule has 2 N–H and O–H groups in total. The van der Waals surface area contributed by atoms with Crippen molar-refractivity contribution in [3.05, 3.63) is 41.2 Å². The molecular formula is C36H56N8O3. The van der Waals surface area contributed by atoms with Gasteiger partial charge in [0.2, 0.25) is 0 Å². The summed E-state index contributed by atoms with van der Waals surface area (Å²) in [7, 11) is 0. The van der Waals surface area contributed by atoms with E-state index in [0.29, 0.717) is 48.8 Å². The first kappa shape index (κ1) is 35.0. The van der Waals surface area contributed by atoms with Crippen LogP contribution >= 0.6 is 0 Å². The molecule has 3 heterocycles. The Morgan fingerprint density at radius 3 is 2.40 bits per heavy atom. The van der Waals surface area contributed by atoms with Gasteiger partial charge in [-0.25, -0.2) is 4.99 Å². The molecule has 47 heavy (non-hydrogen) atoms. The zero-order chi connectivity index (χ0) is 34.0. The van der Waals surface area contributed by atoms with Crippen LogP contribution < -0.4 is 5.32 Å². The fourth-order valence-electron chi connectivity index (χ4n) is 7.58. The number of hydrogen-bond acceptors (Lipinski definition) is 8. The third-order valence-corrected chi connectivity index (χ3v) is 10.3. The van der Waals surface area contributed by atoms with Crippen molar-refractivity contribution in [2.45, 2.75) is 125 Å². The summed E-state index contributed by atoms with van der Waals surface area (Å²) in [5.74, 6) is 1.93. The summed E-state index contributed by atoms with van der Waals surface area (Å²) < 4.78 is 5.92. The average Bonchev–Trinajstić information content (AvgIpc) is 3.62. The Morgan fingerprint density at radius 2 is 1.81 bits per heavy atom. The van der Waals surface area contributed by atoms with Gasteiger partial charge in [0.15, 0.2) is 11.7 Å². The Labute approximate surface area is 280 Å². The second kappa shape index (κ2) is 14.0. The van der Waals surface area contributed by atoms with Crippen LogP contribution in [0.5, 0.6) is 0 Å². The SMILES string of the molecule is CC(C)CC1COCCN1C1=NC2(CCC(C(C)(C)C)CC2)N([C@H](CCC(C)(C)C)c2ccc(C(=O)NCc3nn[nH]n3)cc2)C1=O. The van der Waals surface area contributed by atoms with E-state index in [1.807, 2.05) is 24.3 Å². The van der Waals surface area contributed by atoms with Crippen molar-refractivity contribution in [2.75, 3.05) is 19.8 Å². The highest BCUT2D eigenvalue weighted by atomic mass is 16.5. The highest BCUT2D eigenvalue weighted by molar-refractivity contribution is 6.39. The van der Waals surface area contributed by atoms with Gasteiger partial charge in [-0.05, 0) is 85.3 Å². The van der Waals surface area contributed by atoms with Crippen molar-refractivity contribution in [3.63, 3.8) is 0 Å². The average molecular weight is 649 g/mol. The van der Waals surface area contributed by atoms with Gasteiger partial charge in [0.1, 0.15) is 5.66 Å². The van der Waals surface area contributed by atoms with Crippen molar-refractivity contribution >= 4 is 17.6 Å². The highest BCUT2D eigenvalue weighted by Gasteiger charge is 2.54. The van der Waals surface area contributed by atoms with Crippen molar-refractivity contribution in [2.24, 2.45) is 27.7 Å². The predicted octanol–water partition coefficient (Wildman–Crippen LogP) is 5.92. The van der Waals surface area contributed by atoms with E-state index in [2.05, 4.69) is 91.1 Å². The number of rotatable bonds is 9. The number of ether oxygens (including phenoxy) is 1. The Bertz CT molecular complexity index is 1380. The van der Waals surface area contributed by atoms with Crippen molar-refractivity contribution in [3.8, 4) is 0 Å². The van der Waals surface area contributed by atoms with Gasteiger partial charge < -0.3 is 19.9 Å². The van der Waals surface area contributed by atoms with E-state index in [-0.39, 0.29) is 41.3 Å². The molecule has 1 aromatic carbocycles. The van der Waals surface area contributed by atoms with Crippen molar-refractivity contribution in [1.82, 2.24) is 35.7 Å². The number of aliphatic imine (C=N–C) groups is 1. The first-order chi connectivity index (χ1) is 22.2. The summed E-state index contributed by atoms with van der Waals surface area (Å²) in [6, 6.07) is 7.72. The largest absolute Gasteiger partial charge is 0.377 e. The summed E-state index contributed by atoms with van der Waals surface area (Å²) in [5, 5.41) is 16.6. The third-order valence-electron chi connectivity index (χ3n) is 10.3. The molecule has 1 saturated heterocycles. The number of amides is 2. The topological polar surface area (TPSA) is 129 Å². The molecule has 2 aromatic rings. The van der Waals surface area contributed by atoms with Crippen LogP contribution in [0.4, 0.5) is 0 Å². The molecule has 1 aliphatic carbocycles. The van der Waals surface area contributed by atoms with E-state index in [1.54, 1.807) is 0 Å². The molecule has 5 rings (SSSR count). The molecule has 2 amide bonds. The van der Waals surface area contributed by atoms with Crippen LogP contribution in [0.2, 0.25) is 0 Å². The normalized spacial score (nSPS) is 24.6. The first-order valence-electron chi connectivity index (χ1n) is 17.6. The summed E-state index contributed by atoms with van der Waals surface area (Å²) in [4.78, 5) is 37.8. The monoisotopic (exact) mass is 648 g/mol. The molecule has 0 bridgehead atoms. The zero-order valence-corrected chi connectivity index (χ0v) is 29.8. The number of carbonyl (C=O) groups excluding carboxylic acids is 2. The van der Waals surface area contributed by atoms with Gasteiger partial charge in [-0.15, -0.1) is 10.2 Å². The van der Waals surface area contributed by atoms with Crippen LogP contribution in [-0.2, 0) is 16.1 Å². The number of H-pyrrole nitrogens is 1. The predicted molar refractivity (Wildman–Crippen MR) is 182 cm³/mol. The van der Waals surface area contributed by atoms with E-state index >= 15 is 0 Å². The molecule has 1 saturated carbocycles. The summed E-state index contributed by atoms with van der Waals surface area (Å²) in [6.07, 6.45) is 6.48. The lowest BCUT2D eigenvalue weighted by molar-refractivity contribution is -0.135. The molecule has 2 fully saturated rings.